The normalized spacial score (nSPS) is 18.2. The SMILES string of the molecule is CCC1(CC)c2ccccc2-c2c1c1c(c3ccccc23)OC(c2ccccc2)(c2ccc(OC)cc2)C=C1. The average Bonchev–Trinajstić information content (AvgIpc) is 3.32. The van der Waals surface area contributed by atoms with Gasteiger partial charge in [0.25, 0.3) is 0 Å². The Bertz CT molecular complexity index is 1730. The van der Waals surface area contributed by atoms with Crippen molar-refractivity contribution in [3.63, 3.8) is 0 Å². The van der Waals surface area contributed by atoms with E-state index < -0.39 is 5.60 Å². The highest BCUT2D eigenvalue weighted by atomic mass is 16.5. The van der Waals surface area contributed by atoms with Crippen LogP contribution in [0.15, 0.2) is 109 Å². The predicted octanol–water partition coefficient (Wildman–Crippen LogP) is 9.28. The molecule has 1 atom stereocenters. The number of hydrogen-bond donors (Lipinski definition) is 0. The van der Waals surface area contributed by atoms with Gasteiger partial charge in [-0.15, -0.1) is 0 Å². The molecular weight excluding hydrogens is 476 g/mol. The molecule has 2 heteroatoms. The first-order valence-electron chi connectivity index (χ1n) is 13.9. The van der Waals surface area contributed by atoms with Gasteiger partial charge in [0.05, 0.1) is 7.11 Å². The highest BCUT2D eigenvalue weighted by Gasteiger charge is 2.46. The van der Waals surface area contributed by atoms with Crippen molar-refractivity contribution in [1.29, 1.82) is 0 Å². The molecule has 0 saturated carbocycles. The molecule has 0 saturated heterocycles. The first kappa shape index (κ1) is 23.8. The summed E-state index contributed by atoms with van der Waals surface area (Å²) in [4.78, 5) is 0. The smallest absolute Gasteiger partial charge is 0.178 e. The second-order valence-corrected chi connectivity index (χ2v) is 10.6. The first-order chi connectivity index (χ1) is 19.2. The molecule has 0 aromatic heterocycles. The lowest BCUT2D eigenvalue weighted by Gasteiger charge is -2.39. The molecule has 0 fully saturated rings. The molecule has 1 aliphatic heterocycles. The van der Waals surface area contributed by atoms with Crippen molar-refractivity contribution >= 4 is 16.8 Å². The van der Waals surface area contributed by atoms with E-state index in [0.29, 0.717) is 0 Å². The monoisotopic (exact) mass is 508 g/mol. The molecule has 7 rings (SSSR count). The van der Waals surface area contributed by atoms with E-state index in [1.165, 1.54) is 33.2 Å². The second kappa shape index (κ2) is 8.88. The Morgan fingerprint density at radius 2 is 1.33 bits per heavy atom. The summed E-state index contributed by atoms with van der Waals surface area (Å²) in [6, 6.07) is 36.6. The van der Waals surface area contributed by atoms with Crippen molar-refractivity contribution < 1.29 is 9.47 Å². The molecule has 192 valence electrons. The minimum absolute atomic E-state index is 0.0550. The molecule has 0 radical (unpaired) electrons. The van der Waals surface area contributed by atoms with Gasteiger partial charge in [0.1, 0.15) is 11.5 Å². The van der Waals surface area contributed by atoms with Gasteiger partial charge in [-0.3, -0.25) is 0 Å². The quantitative estimate of drug-likeness (QED) is 0.235. The van der Waals surface area contributed by atoms with Crippen LogP contribution in [0.25, 0.3) is 28.0 Å². The summed E-state index contributed by atoms with van der Waals surface area (Å²) < 4.78 is 12.8. The van der Waals surface area contributed by atoms with Crippen molar-refractivity contribution in [2.24, 2.45) is 0 Å². The largest absolute Gasteiger partial charge is 0.497 e. The van der Waals surface area contributed by atoms with E-state index >= 15 is 0 Å². The van der Waals surface area contributed by atoms with E-state index in [9.17, 15) is 0 Å². The molecule has 1 heterocycles. The van der Waals surface area contributed by atoms with Gasteiger partial charge in [-0.1, -0.05) is 111 Å². The molecule has 5 aromatic carbocycles. The van der Waals surface area contributed by atoms with Crippen LogP contribution in [0.5, 0.6) is 11.5 Å². The summed E-state index contributed by atoms with van der Waals surface area (Å²) in [5.74, 6) is 1.80. The maximum Gasteiger partial charge on any atom is 0.178 e. The zero-order chi connectivity index (χ0) is 26.6. The van der Waals surface area contributed by atoms with Gasteiger partial charge in [0, 0.05) is 27.5 Å². The van der Waals surface area contributed by atoms with Crippen LogP contribution in [-0.2, 0) is 11.0 Å². The van der Waals surface area contributed by atoms with Crippen LogP contribution in [0.1, 0.15) is 54.5 Å². The van der Waals surface area contributed by atoms with E-state index in [1.54, 1.807) is 7.11 Å². The van der Waals surface area contributed by atoms with Gasteiger partial charge in [-0.05, 0) is 58.7 Å². The third kappa shape index (κ3) is 3.21. The molecule has 2 nitrogen and oxygen atoms in total. The molecule has 0 bridgehead atoms. The minimum Gasteiger partial charge on any atom is -0.497 e. The van der Waals surface area contributed by atoms with Gasteiger partial charge in [-0.2, -0.15) is 0 Å². The number of methoxy groups -OCH3 is 1. The van der Waals surface area contributed by atoms with Crippen LogP contribution in [0, 0.1) is 0 Å². The number of rotatable bonds is 5. The van der Waals surface area contributed by atoms with Crippen molar-refractivity contribution in [1.82, 2.24) is 0 Å². The van der Waals surface area contributed by atoms with Crippen LogP contribution in [0.3, 0.4) is 0 Å². The van der Waals surface area contributed by atoms with Gasteiger partial charge >= 0.3 is 0 Å². The first-order valence-corrected chi connectivity index (χ1v) is 13.9. The van der Waals surface area contributed by atoms with E-state index in [1.807, 2.05) is 12.1 Å². The number of ether oxygens (including phenoxy) is 2. The van der Waals surface area contributed by atoms with Crippen molar-refractivity contribution in [3.8, 4) is 22.6 Å². The zero-order valence-corrected chi connectivity index (χ0v) is 22.7. The molecule has 0 spiro atoms. The minimum atomic E-state index is -0.760. The lowest BCUT2D eigenvalue weighted by molar-refractivity contribution is 0.163. The third-order valence-electron chi connectivity index (χ3n) is 9.07. The second-order valence-electron chi connectivity index (χ2n) is 10.6. The molecule has 0 amide bonds. The van der Waals surface area contributed by atoms with E-state index in [0.717, 1.165) is 40.9 Å². The lowest BCUT2D eigenvalue weighted by Crippen LogP contribution is -2.35. The van der Waals surface area contributed by atoms with Crippen LogP contribution in [-0.4, -0.2) is 7.11 Å². The lowest BCUT2D eigenvalue weighted by atomic mass is 9.71. The maximum atomic E-state index is 7.36. The molecule has 0 N–H and O–H groups in total. The number of benzene rings is 5. The zero-order valence-electron chi connectivity index (χ0n) is 22.7. The third-order valence-corrected chi connectivity index (χ3v) is 9.07. The highest BCUT2D eigenvalue weighted by molar-refractivity contribution is 6.08. The summed E-state index contributed by atoms with van der Waals surface area (Å²) in [6.07, 6.45) is 6.68. The van der Waals surface area contributed by atoms with Crippen molar-refractivity contribution in [3.05, 3.63) is 137 Å². The van der Waals surface area contributed by atoms with Crippen LogP contribution >= 0.6 is 0 Å². The standard InChI is InChI=1S/C37H32O2/c1-4-36(5-2)32-18-12-11-17-30(32)33-28-15-9-10-16-29(28)35-31(34(33)36)23-24-37(39-35,25-13-7-6-8-14-25)26-19-21-27(38-3)22-20-26/h6-24H,4-5H2,1-3H3. The predicted molar refractivity (Wildman–Crippen MR) is 161 cm³/mol. The van der Waals surface area contributed by atoms with E-state index in [4.69, 9.17) is 9.47 Å². The van der Waals surface area contributed by atoms with Crippen LogP contribution in [0.4, 0.5) is 0 Å². The molecule has 5 aromatic rings. The van der Waals surface area contributed by atoms with Crippen LogP contribution in [0.2, 0.25) is 0 Å². The number of fused-ring (bicyclic) bond motifs is 8. The average molecular weight is 509 g/mol. The fourth-order valence-corrected chi connectivity index (χ4v) is 7.11. The summed E-state index contributed by atoms with van der Waals surface area (Å²) in [6.45, 7) is 4.66. The van der Waals surface area contributed by atoms with Gasteiger partial charge in [0.2, 0.25) is 0 Å². The molecule has 39 heavy (non-hydrogen) atoms. The van der Waals surface area contributed by atoms with Crippen molar-refractivity contribution in [2.45, 2.75) is 37.7 Å². The summed E-state index contributed by atoms with van der Waals surface area (Å²) in [5, 5.41) is 2.41. The Morgan fingerprint density at radius 3 is 2.05 bits per heavy atom. The van der Waals surface area contributed by atoms with Gasteiger partial charge in [0.15, 0.2) is 5.60 Å². The van der Waals surface area contributed by atoms with Gasteiger partial charge in [-0.25, -0.2) is 0 Å². The highest BCUT2D eigenvalue weighted by Crippen LogP contribution is 2.60. The van der Waals surface area contributed by atoms with Crippen LogP contribution < -0.4 is 9.47 Å². The van der Waals surface area contributed by atoms with E-state index in [-0.39, 0.29) is 5.41 Å². The summed E-state index contributed by atoms with van der Waals surface area (Å²) in [5.41, 5.74) is 8.15. The summed E-state index contributed by atoms with van der Waals surface area (Å²) in [7, 11) is 1.70. The van der Waals surface area contributed by atoms with Crippen molar-refractivity contribution in [2.75, 3.05) is 7.11 Å². The molecule has 2 aliphatic rings. The fraction of sp³-hybridized carbons (Fsp3) is 0.189. The Hall–Kier alpha value is -4.30. The topological polar surface area (TPSA) is 18.5 Å². The Labute approximate surface area is 230 Å². The summed E-state index contributed by atoms with van der Waals surface area (Å²) >= 11 is 0. The van der Waals surface area contributed by atoms with E-state index in [2.05, 4.69) is 117 Å². The Balaban J connectivity index is 1.56. The fourth-order valence-electron chi connectivity index (χ4n) is 7.11. The molecule has 1 unspecified atom stereocenters. The molecule has 1 aliphatic carbocycles. The Kier molecular flexibility index (Phi) is 5.42. The maximum absolute atomic E-state index is 7.36. The molecular formula is C37H32O2. The Morgan fingerprint density at radius 1 is 0.692 bits per heavy atom. The number of hydrogen-bond acceptors (Lipinski definition) is 2. The van der Waals surface area contributed by atoms with Gasteiger partial charge < -0.3 is 9.47 Å².